The van der Waals surface area contributed by atoms with E-state index < -0.39 is 10.0 Å². The minimum absolute atomic E-state index is 0.450. The highest BCUT2D eigenvalue weighted by molar-refractivity contribution is 7.89. The number of aromatic nitrogens is 1. The number of aryl methyl sites for hydroxylation is 1. The molecule has 2 rings (SSSR count). The molecule has 1 N–H and O–H groups in total. The maximum absolute atomic E-state index is 12.6. The largest absolute Gasteiger partial charge is 0.349 e. The number of hydrogen-bond donors (Lipinski definition) is 1. The Bertz CT molecular complexity index is 545. The molecule has 0 spiro atoms. The molecule has 1 saturated heterocycles. The molecule has 5 nitrogen and oxygen atoms in total. The average Bonchev–Trinajstić information content (AvgIpc) is 3.10. The third kappa shape index (κ3) is 3.87. The first-order valence-corrected chi connectivity index (χ1v) is 9.43. The van der Waals surface area contributed by atoms with Gasteiger partial charge in [0, 0.05) is 38.1 Å². The Morgan fingerprint density at radius 1 is 1.19 bits per heavy atom. The standard InChI is InChI=1S/C15H27N3O2S/c1-3-7-16-12-14-11-15(13-17(14)8-4-2)21(19,20)18-9-5-6-10-18/h11,13,16H,3-10,12H2,1-2H3. The van der Waals surface area contributed by atoms with Gasteiger partial charge in [-0.05, 0) is 38.3 Å². The van der Waals surface area contributed by atoms with Crippen LogP contribution in [0.1, 0.15) is 45.2 Å². The molecule has 21 heavy (non-hydrogen) atoms. The predicted molar refractivity (Wildman–Crippen MR) is 84.7 cm³/mol. The van der Waals surface area contributed by atoms with Crippen LogP contribution < -0.4 is 5.32 Å². The average molecular weight is 313 g/mol. The van der Waals surface area contributed by atoms with E-state index in [2.05, 4.69) is 23.7 Å². The molecular formula is C15H27N3O2S. The SMILES string of the molecule is CCCNCc1cc(S(=O)(=O)N2CCCC2)cn1CCC. The number of nitrogens with one attached hydrogen (secondary N) is 1. The quantitative estimate of drug-likeness (QED) is 0.749. The second kappa shape index (κ2) is 7.42. The molecule has 0 saturated carbocycles. The van der Waals surface area contributed by atoms with Crippen molar-refractivity contribution in [2.24, 2.45) is 0 Å². The van der Waals surface area contributed by atoms with Crippen molar-refractivity contribution in [3.05, 3.63) is 18.0 Å². The van der Waals surface area contributed by atoms with Gasteiger partial charge >= 0.3 is 0 Å². The van der Waals surface area contributed by atoms with Crippen LogP contribution in [0.5, 0.6) is 0 Å². The molecule has 0 radical (unpaired) electrons. The Labute approximate surface area is 128 Å². The zero-order valence-electron chi connectivity index (χ0n) is 13.1. The summed E-state index contributed by atoms with van der Waals surface area (Å²) in [5.41, 5.74) is 1.06. The summed E-state index contributed by atoms with van der Waals surface area (Å²) < 4.78 is 28.9. The molecular weight excluding hydrogens is 286 g/mol. The molecule has 1 aliphatic heterocycles. The van der Waals surface area contributed by atoms with Crippen molar-refractivity contribution in [1.82, 2.24) is 14.2 Å². The molecule has 6 heteroatoms. The summed E-state index contributed by atoms with van der Waals surface area (Å²) in [5, 5.41) is 3.36. The van der Waals surface area contributed by atoms with E-state index in [1.807, 2.05) is 6.07 Å². The molecule has 120 valence electrons. The van der Waals surface area contributed by atoms with E-state index in [0.29, 0.717) is 18.0 Å². The summed E-state index contributed by atoms with van der Waals surface area (Å²) in [6, 6.07) is 1.84. The van der Waals surface area contributed by atoms with Crippen LogP contribution in [0.4, 0.5) is 0 Å². The fraction of sp³-hybridized carbons (Fsp3) is 0.733. The fourth-order valence-electron chi connectivity index (χ4n) is 2.73. The highest BCUT2D eigenvalue weighted by Gasteiger charge is 2.28. The van der Waals surface area contributed by atoms with Gasteiger partial charge in [0.2, 0.25) is 10.0 Å². The van der Waals surface area contributed by atoms with Crippen molar-refractivity contribution < 1.29 is 8.42 Å². The Hall–Kier alpha value is -0.850. The van der Waals surface area contributed by atoms with E-state index >= 15 is 0 Å². The maximum Gasteiger partial charge on any atom is 0.244 e. The Morgan fingerprint density at radius 2 is 1.90 bits per heavy atom. The minimum atomic E-state index is -3.30. The van der Waals surface area contributed by atoms with E-state index in [4.69, 9.17) is 0 Å². The zero-order valence-corrected chi connectivity index (χ0v) is 14.0. The van der Waals surface area contributed by atoms with E-state index in [1.54, 1.807) is 10.5 Å². The molecule has 0 unspecified atom stereocenters. The highest BCUT2D eigenvalue weighted by Crippen LogP contribution is 2.23. The van der Waals surface area contributed by atoms with E-state index in [-0.39, 0.29) is 0 Å². The smallest absolute Gasteiger partial charge is 0.244 e. The van der Waals surface area contributed by atoms with Gasteiger partial charge in [0.05, 0.1) is 0 Å². The first-order chi connectivity index (χ1) is 10.1. The lowest BCUT2D eigenvalue weighted by Crippen LogP contribution is -2.27. The van der Waals surface area contributed by atoms with E-state index in [1.165, 1.54) is 0 Å². The van der Waals surface area contributed by atoms with Gasteiger partial charge in [-0.2, -0.15) is 4.31 Å². The Kier molecular flexibility index (Phi) is 5.84. The lowest BCUT2D eigenvalue weighted by atomic mass is 10.4. The van der Waals surface area contributed by atoms with Gasteiger partial charge in [0.1, 0.15) is 4.90 Å². The molecule has 1 aliphatic rings. The second-order valence-electron chi connectivity index (χ2n) is 5.65. The topological polar surface area (TPSA) is 54.3 Å². The molecule has 0 aliphatic carbocycles. The number of sulfonamides is 1. The summed E-state index contributed by atoms with van der Waals surface area (Å²) in [7, 11) is -3.30. The Balaban J connectivity index is 2.21. The molecule has 0 bridgehead atoms. The summed E-state index contributed by atoms with van der Waals surface area (Å²) >= 11 is 0. The predicted octanol–water partition coefficient (Wildman–Crippen LogP) is 2.18. The van der Waals surface area contributed by atoms with Crippen molar-refractivity contribution >= 4 is 10.0 Å². The third-order valence-corrected chi connectivity index (χ3v) is 5.73. The van der Waals surface area contributed by atoms with Crippen molar-refractivity contribution in [3.8, 4) is 0 Å². The minimum Gasteiger partial charge on any atom is -0.349 e. The lowest BCUT2D eigenvalue weighted by molar-refractivity contribution is 0.477. The zero-order chi connectivity index (χ0) is 15.3. The molecule has 2 heterocycles. The van der Waals surface area contributed by atoms with Crippen molar-refractivity contribution in [3.63, 3.8) is 0 Å². The summed E-state index contributed by atoms with van der Waals surface area (Å²) in [6.07, 6.45) is 5.83. The van der Waals surface area contributed by atoms with Crippen LogP contribution in [0.15, 0.2) is 17.2 Å². The Morgan fingerprint density at radius 3 is 2.52 bits per heavy atom. The number of hydrogen-bond acceptors (Lipinski definition) is 3. The van der Waals surface area contributed by atoms with Crippen molar-refractivity contribution in [1.29, 1.82) is 0 Å². The van der Waals surface area contributed by atoms with Gasteiger partial charge in [-0.15, -0.1) is 0 Å². The van der Waals surface area contributed by atoms with Gasteiger partial charge in [0.15, 0.2) is 0 Å². The van der Waals surface area contributed by atoms with Gasteiger partial charge in [-0.3, -0.25) is 0 Å². The van der Waals surface area contributed by atoms with Crippen LogP contribution in [0.3, 0.4) is 0 Å². The fourth-order valence-corrected chi connectivity index (χ4v) is 4.32. The summed E-state index contributed by atoms with van der Waals surface area (Å²) in [5.74, 6) is 0. The molecule has 1 aromatic rings. The first-order valence-electron chi connectivity index (χ1n) is 7.99. The summed E-state index contributed by atoms with van der Waals surface area (Å²) in [6.45, 7) is 8.09. The van der Waals surface area contributed by atoms with Crippen molar-refractivity contribution in [2.75, 3.05) is 19.6 Å². The van der Waals surface area contributed by atoms with Gasteiger partial charge in [0.25, 0.3) is 0 Å². The molecule has 0 atom stereocenters. The highest BCUT2D eigenvalue weighted by atomic mass is 32.2. The maximum atomic E-state index is 12.6. The molecule has 0 amide bonds. The van der Waals surface area contributed by atoms with Gasteiger partial charge in [-0.25, -0.2) is 8.42 Å². The van der Waals surface area contributed by atoms with Crippen LogP contribution in [-0.4, -0.2) is 36.9 Å². The van der Waals surface area contributed by atoms with Crippen LogP contribution in [0, 0.1) is 0 Å². The van der Waals surface area contributed by atoms with E-state index in [0.717, 1.165) is 51.0 Å². The lowest BCUT2D eigenvalue weighted by Gasteiger charge is -2.13. The first kappa shape index (κ1) is 16.5. The normalized spacial score (nSPS) is 16.7. The molecule has 1 fully saturated rings. The van der Waals surface area contributed by atoms with E-state index in [9.17, 15) is 8.42 Å². The van der Waals surface area contributed by atoms with Gasteiger partial charge < -0.3 is 9.88 Å². The number of rotatable bonds is 8. The summed E-state index contributed by atoms with van der Waals surface area (Å²) in [4.78, 5) is 0.450. The number of nitrogens with zero attached hydrogens (tertiary/aromatic N) is 2. The van der Waals surface area contributed by atoms with Crippen molar-refractivity contribution in [2.45, 2.75) is 57.5 Å². The van der Waals surface area contributed by atoms with Crippen LogP contribution >= 0.6 is 0 Å². The van der Waals surface area contributed by atoms with Crippen LogP contribution in [0.2, 0.25) is 0 Å². The van der Waals surface area contributed by atoms with Crippen LogP contribution in [-0.2, 0) is 23.1 Å². The monoisotopic (exact) mass is 313 g/mol. The van der Waals surface area contributed by atoms with Crippen LogP contribution in [0.25, 0.3) is 0 Å². The second-order valence-corrected chi connectivity index (χ2v) is 7.59. The molecule has 0 aromatic carbocycles. The van der Waals surface area contributed by atoms with Gasteiger partial charge in [-0.1, -0.05) is 13.8 Å². The third-order valence-electron chi connectivity index (χ3n) is 3.86. The molecule has 1 aromatic heterocycles.